The predicted molar refractivity (Wildman–Crippen MR) is 144 cm³/mol. The Kier molecular flexibility index (Phi) is 8.88. The number of likely N-dealkylation sites (tertiary alicyclic amines) is 1. The van der Waals surface area contributed by atoms with E-state index in [2.05, 4.69) is 20.3 Å². The van der Waals surface area contributed by atoms with Gasteiger partial charge in [0.1, 0.15) is 11.9 Å². The van der Waals surface area contributed by atoms with Gasteiger partial charge in [-0.25, -0.2) is 17.5 Å². The van der Waals surface area contributed by atoms with Gasteiger partial charge in [0.05, 0.1) is 4.90 Å². The Hall–Kier alpha value is -3.60. The molecule has 0 aliphatic carbocycles. The maximum Gasteiger partial charge on any atom is 0.251 e. The minimum Gasteiger partial charge on any atom is -0.340 e. The van der Waals surface area contributed by atoms with Gasteiger partial charge in [-0.05, 0) is 87.1 Å². The number of carbonyl (C=O) groups is 2. The van der Waals surface area contributed by atoms with Crippen LogP contribution in [0.15, 0.2) is 83.8 Å². The fraction of sp³-hybridized carbons (Fsp3) is 0.286. The summed E-state index contributed by atoms with van der Waals surface area (Å²) in [6.07, 6.45) is 1.72. The Labute approximate surface area is 222 Å². The molecule has 10 heteroatoms. The first kappa shape index (κ1) is 27.4. The fourth-order valence-electron chi connectivity index (χ4n) is 4.26. The van der Waals surface area contributed by atoms with Gasteiger partial charge < -0.3 is 15.5 Å². The lowest BCUT2D eigenvalue weighted by atomic mass is 10.0. The number of anilines is 1. The van der Waals surface area contributed by atoms with Crippen molar-refractivity contribution < 1.29 is 22.4 Å². The third-order valence-corrected chi connectivity index (χ3v) is 8.02. The Bertz CT molecular complexity index is 1340. The predicted octanol–water partition coefficient (Wildman–Crippen LogP) is 3.18. The number of sulfonamides is 1. The molecule has 0 aromatic heterocycles. The maximum atomic E-state index is 13.3. The van der Waals surface area contributed by atoms with Gasteiger partial charge in [0.15, 0.2) is 0 Å². The molecule has 0 radical (unpaired) electrons. The van der Waals surface area contributed by atoms with E-state index in [0.717, 1.165) is 31.5 Å². The highest BCUT2D eigenvalue weighted by Crippen LogP contribution is 2.18. The molecule has 1 aliphatic rings. The first-order valence-corrected chi connectivity index (χ1v) is 13.9. The van der Waals surface area contributed by atoms with Crippen molar-refractivity contribution in [2.75, 3.05) is 25.5 Å². The highest BCUT2D eigenvalue weighted by molar-refractivity contribution is 7.89. The molecule has 0 saturated carbocycles. The summed E-state index contributed by atoms with van der Waals surface area (Å²) in [7, 11) is -1.68. The first-order valence-electron chi connectivity index (χ1n) is 12.4. The van der Waals surface area contributed by atoms with Crippen LogP contribution in [0.4, 0.5) is 10.1 Å². The monoisotopic (exact) mass is 538 g/mol. The zero-order chi connectivity index (χ0) is 27.1. The third-order valence-electron chi connectivity index (χ3n) is 6.48. The van der Waals surface area contributed by atoms with E-state index in [9.17, 15) is 22.4 Å². The van der Waals surface area contributed by atoms with Gasteiger partial charge in [-0.2, -0.15) is 0 Å². The number of hydrogen-bond acceptors (Lipinski definition) is 5. The molecule has 1 heterocycles. The molecule has 1 fully saturated rings. The summed E-state index contributed by atoms with van der Waals surface area (Å²) in [4.78, 5) is 28.2. The number of halogens is 1. The van der Waals surface area contributed by atoms with E-state index in [1.54, 1.807) is 0 Å². The van der Waals surface area contributed by atoms with Crippen LogP contribution in [-0.2, 0) is 21.2 Å². The summed E-state index contributed by atoms with van der Waals surface area (Å²) in [5.74, 6) is -1.45. The molecule has 0 bridgehead atoms. The van der Waals surface area contributed by atoms with Crippen molar-refractivity contribution in [3.05, 3.63) is 95.8 Å². The molecule has 1 saturated heterocycles. The molecule has 1 aliphatic heterocycles. The molecule has 4 rings (SSSR count). The molecule has 200 valence electrons. The Morgan fingerprint density at radius 1 is 0.947 bits per heavy atom. The molecule has 38 heavy (non-hydrogen) atoms. The van der Waals surface area contributed by atoms with Crippen molar-refractivity contribution in [3.8, 4) is 0 Å². The number of hydrogen-bond donors (Lipinski definition) is 3. The number of nitrogens with one attached hydrogen (secondary N) is 3. The minimum absolute atomic E-state index is 0.111. The smallest absolute Gasteiger partial charge is 0.251 e. The molecule has 1 atom stereocenters. The van der Waals surface area contributed by atoms with E-state index in [4.69, 9.17) is 0 Å². The molecular weight excluding hydrogens is 507 g/mol. The van der Waals surface area contributed by atoms with E-state index in [1.807, 2.05) is 37.4 Å². The van der Waals surface area contributed by atoms with Crippen molar-refractivity contribution in [2.45, 2.75) is 36.2 Å². The molecule has 0 unspecified atom stereocenters. The Balaban J connectivity index is 1.44. The van der Waals surface area contributed by atoms with Crippen LogP contribution in [0.5, 0.6) is 0 Å². The van der Waals surface area contributed by atoms with Crippen LogP contribution in [0.25, 0.3) is 0 Å². The number of rotatable bonds is 9. The van der Waals surface area contributed by atoms with Gasteiger partial charge in [0.25, 0.3) is 5.91 Å². The Morgan fingerprint density at radius 3 is 2.21 bits per heavy atom. The summed E-state index contributed by atoms with van der Waals surface area (Å²) in [6, 6.07) is 19.2. The first-order chi connectivity index (χ1) is 18.2. The summed E-state index contributed by atoms with van der Waals surface area (Å²) >= 11 is 0. The van der Waals surface area contributed by atoms with E-state index in [0.29, 0.717) is 5.69 Å². The lowest BCUT2D eigenvalue weighted by Gasteiger charge is -2.29. The van der Waals surface area contributed by atoms with Crippen LogP contribution in [0.3, 0.4) is 0 Å². The van der Waals surface area contributed by atoms with E-state index in [-0.39, 0.29) is 22.9 Å². The lowest BCUT2D eigenvalue weighted by Crippen LogP contribution is -2.45. The normalized spacial score (nSPS) is 15.5. The van der Waals surface area contributed by atoms with Crippen molar-refractivity contribution in [2.24, 2.45) is 0 Å². The second-order valence-corrected chi connectivity index (χ2v) is 11.1. The van der Waals surface area contributed by atoms with Crippen molar-refractivity contribution in [3.63, 3.8) is 0 Å². The van der Waals surface area contributed by atoms with Gasteiger partial charge in [-0.15, -0.1) is 0 Å². The lowest BCUT2D eigenvalue weighted by molar-refractivity contribution is -0.118. The van der Waals surface area contributed by atoms with E-state index >= 15 is 0 Å². The summed E-state index contributed by atoms with van der Waals surface area (Å²) in [6.45, 7) is 1.67. The summed E-state index contributed by atoms with van der Waals surface area (Å²) in [5.41, 5.74) is 1.46. The van der Waals surface area contributed by atoms with Crippen molar-refractivity contribution >= 4 is 27.5 Å². The molecule has 8 nitrogen and oxygen atoms in total. The quantitative estimate of drug-likeness (QED) is 0.388. The van der Waals surface area contributed by atoms with Gasteiger partial charge in [0.2, 0.25) is 15.9 Å². The minimum atomic E-state index is -3.69. The third kappa shape index (κ3) is 7.47. The van der Waals surface area contributed by atoms with E-state index < -0.39 is 33.7 Å². The van der Waals surface area contributed by atoms with Crippen LogP contribution in [0.2, 0.25) is 0 Å². The Morgan fingerprint density at radius 2 is 1.58 bits per heavy atom. The second-order valence-electron chi connectivity index (χ2n) is 9.44. The summed E-state index contributed by atoms with van der Waals surface area (Å²) in [5, 5.41) is 5.48. The molecule has 2 amide bonds. The fourth-order valence-corrected chi connectivity index (χ4v) is 5.57. The molecule has 0 spiro atoms. The average molecular weight is 539 g/mol. The van der Waals surface area contributed by atoms with Gasteiger partial charge in [-0.1, -0.05) is 30.3 Å². The molecule has 3 N–H and O–H groups in total. The highest BCUT2D eigenvalue weighted by Gasteiger charge is 2.25. The number of piperidine rings is 1. The number of benzene rings is 3. The van der Waals surface area contributed by atoms with Crippen LogP contribution >= 0.6 is 0 Å². The standard InChI is InChI=1S/C28H31FN4O4S/c1-33-17-15-24(16-18-33)32-38(36,37)25-13-11-23(12-14-25)30-28(35)26(19-20-5-3-2-4-6-20)31-27(34)21-7-9-22(29)10-8-21/h2-14,24,26,32H,15-19H2,1H3,(H,30,35)(H,31,34)/t26-/m0/s1. The SMILES string of the molecule is CN1CCC(NS(=O)(=O)c2ccc(NC(=O)[C@H](Cc3ccccc3)NC(=O)c3ccc(F)cc3)cc2)CC1. The molecule has 3 aromatic rings. The zero-order valence-corrected chi connectivity index (χ0v) is 21.9. The molecule has 3 aromatic carbocycles. The van der Waals surface area contributed by atoms with Gasteiger partial charge in [-0.3, -0.25) is 9.59 Å². The number of carbonyl (C=O) groups excluding carboxylic acids is 2. The largest absolute Gasteiger partial charge is 0.340 e. The summed E-state index contributed by atoms with van der Waals surface area (Å²) < 4.78 is 41.7. The number of nitrogens with zero attached hydrogens (tertiary/aromatic N) is 1. The molecular formula is C28H31FN4O4S. The van der Waals surface area contributed by atoms with E-state index in [1.165, 1.54) is 48.5 Å². The van der Waals surface area contributed by atoms with Crippen LogP contribution in [-0.4, -0.2) is 57.4 Å². The topological polar surface area (TPSA) is 108 Å². The maximum absolute atomic E-state index is 13.3. The van der Waals surface area contributed by atoms with Gasteiger partial charge >= 0.3 is 0 Å². The van der Waals surface area contributed by atoms with Crippen LogP contribution in [0.1, 0.15) is 28.8 Å². The second kappa shape index (κ2) is 12.3. The van der Waals surface area contributed by atoms with Crippen molar-refractivity contribution in [1.29, 1.82) is 0 Å². The van der Waals surface area contributed by atoms with Crippen molar-refractivity contribution in [1.82, 2.24) is 14.9 Å². The zero-order valence-electron chi connectivity index (χ0n) is 21.1. The average Bonchev–Trinajstić information content (AvgIpc) is 2.91. The number of amides is 2. The van der Waals surface area contributed by atoms with Gasteiger partial charge in [0, 0.05) is 23.7 Å². The van der Waals surface area contributed by atoms with Crippen LogP contribution in [0, 0.1) is 5.82 Å². The van der Waals surface area contributed by atoms with Crippen LogP contribution < -0.4 is 15.4 Å². The highest BCUT2D eigenvalue weighted by atomic mass is 32.2.